The number of anilines is 1. The van der Waals surface area contributed by atoms with Gasteiger partial charge in [-0.2, -0.15) is 0 Å². The number of carbonyl (C=O) groups is 1. The van der Waals surface area contributed by atoms with Gasteiger partial charge in [-0.15, -0.1) is 0 Å². The van der Waals surface area contributed by atoms with Crippen molar-refractivity contribution in [2.75, 3.05) is 18.4 Å². The number of carbonyl (C=O) groups excluding carboxylic acids is 1. The van der Waals surface area contributed by atoms with E-state index >= 15 is 0 Å². The first-order valence-electron chi connectivity index (χ1n) is 7.73. The van der Waals surface area contributed by atoms with Crippen molar-refractivity contribution in [1.82, 2.24) is 0 Å². The lowest BCUT2D eigenvalue weighted by atomic mass is 10.1. The fraction of sp³-hybridized carbons (Fsp3) is 0.278. The van der Waals surface area contributed by atoms with Crippen molar-refractivity contribution in [3.8, 4) is 5.75 Å². The van der Waals surface area contributed by atoms with Crippen LogP contribution in [0.15, 0.2) is 41.3 Å². The third kappa shape index (κ3) is 4.30. The zero-order valence-electron chi connectivity index (χ0n) is 14.6. The molecule has 0 aromatic heterocycles. The van der Waals surface area contributed by atoms with Crippen LogP contribution in [-0.2, 0) is 14.8 Å². The molecule has 1 N–H and O–H groups in total. The van der Waals surface area contributed by atoms with Crippen molar-refractivity contribution < 1.29 is 22.7 Å². The van der Waals surface area contributed by atoms with E-state index in [1.807, 2.05) is 13.8 Å². The second-order valence-corrected chi connectivity index (χ2v) is 7.14. The summed E-state index contributed by atoms with van der Waals surface area (Å²) in [6, 6.07) is 9.30. The van der Waals surface area contributed by atoms with E-state index in [1.165, 1.54) is 31.4 Å². The maximum absolute atomic E-state index is 12.7. The van der Waals surface area contributed by atoms with E-state index in [2.05, 4.69) is 4.72 Å². The van der Waals surface area contributed by atoms with Gasteiger partial charge in [-0.1, -0.05) is 0 Å². The Morgan fingerprint density at radius 3 is 2.24 bits per heavy atom. The first kappa shape index (κ1) is 18.8. The van der Waals surface area contributed by atoms with E-state index in [9.17, 15) is 13.2 Å². The van der Waals surface area contributed by atoms with Gasteiger partial charge < -0.3 is 9.47 Å². The number of sulfonamides is 1. The van der Waals surface area contributed by atoms with Crippen molar-refractivity contribution in [2.45, 2.75) is 25.7 Å². The van der Waals surface area contributed by atoms with Crippen molar-refractivity contribution >= 4 is 21.7 Å². The smallest absolute Gasteiger partial charge is 0.338 e. The summed E-state index contributed by atoms with van der Waals surface area (Å²) in [5, 5.41) is 0. The number of hydrogen-bond donors (Lipinski definition) is 1. The van der Waals surface area contributed by atoms with E-state index in [1.54, 1.807) is 19.1 Å². The van der Waals surface area contributed by atoms with E-state index < -0.39 is 16.0 Å². The van der Waals surface area contributed by atoms with Gasteiger partial charge in [0.05, 0.1) is 19.3 Å². The molecule has 0 unspecified atom stereocenters. The van der Waals surface area contributed by atoms with Crippen LogP contribution >= 0.6 is 0 Å². The molecule has 0 radical (unpaired) electrons. The summed E-state index contributed by atoms with van der Waals surface area (Å²) >= 11 is 0. The summed E-state index contributed by atoms with van der Waals surface area (Å²) in [7, 11) is -2.40. The summed E-state index contributed by atoms with van der Waals surface area (Å²) in [5.41, 5.74) is 2.48. The summed E-state index contributed by atoms with van der Waals surface area (Å²) in [4.78, 5) is 11.7. The predicted molar refractivity (Wildman–Crippen MR) is 95.7 cm³/mol. The molecule has 0 heterocycles. The van der Waals surface area contributed by atoms with Gasteiger partial charge in [-0.25, -0.2) is 13.2 Å². The molecule has 0 saturated carbocycles. The fourth-order valence-electron chi connectivity index (χ4n) is 2.23. The van der Waals surface area contributed by atoms with Crippen LogP contribution in [0.1, 0.15) is 28.4 Å². The third-order valence-electron chi connectivity index (χ3n) is 3.72. The summed E-state index contributed by atoms with van der Waals surface area (Å²) in [6.07, 6.45) is 0. The van der Waals surface area contributed by atoms with Gasteiger partial charge in [-0.3, -0.25) is 4.72 Å². The van der Waals surface area contributed by atoms with Crippen molar-refractivity contribution in [1.29, 1.82) is 0 Å². The first-order valence-corrected chi connectivity index (χ1v) is 9.22. The standard InChI is InChI=1S/C18H21NO5S/c1-5-24-18(20)14-6-8-15(9-7-14)19-25(21,22)17-11-13(3)12(2)10-16(17)23-4/h6-11,19H,5H2,1-4H3. The molecule has 0 fully saturated rings. The first-order chi connectivity index (χ1) is 11.8. The van der Waals surface area contributed by atoms with E-state index in [4.69, 9.17) is 9.47 Å². The van der Waals surface area contributed by atoms with Crippen LogP contribution in [0.5, 0.6) is 5.75 Å². The number of methoxy groups -OCH3 is 1. The Hall–Kier alpha value is -2.54. The minimum absolute atomic E-state index is 0.0626. The average Bonchev–Trinajstić information content (AvgIpc) is 2.57. The average molecular weight is 363 g/mol. The monoisotopic (exact) mass is 363 g/mol. The predicted octanol–water partition coefficient (Wildman–Crippen LogP) is 3.29. The number of benzene rings is 2. The molecule has 0 saturated heterocycles. The SMILES string of the molecule is CCOC(=O)c1ccc(NS(=O)(=O)c2cc(C)c(C)cc2OC)cc1. The number of aryl methyl sites for hydroxylation is 2. The molecule has 2 aromatic rings. The zero-order chi connectivity index (χ0) is 18.6. The van der Waals surface area contributed by atoms with Crippen LogP contribution < -0.4 is 9.46 Å². The molecule has 0 aliphatic heterocycles. The minimum Gasteiger partial charge on any atom is -0.495 e. The highest BCUT2D eigenvalue weighted by molar-refractivity contribution is 7.92. The molecule has 134 valence electrons. The molecule has 6 nitrogen and oxygen atoms in total. The Morgan fingerprint density at radius 1 is 1.08 bits per heavy atom. The van der Waals surface area contributed by atoms with Crippen LogP contribution in [0.25, 0.3) is 0 Å². The highest BCUT2D eigenvalue weighted by Crippen LogP contribution is 2.29. The van der Waals surface area contributed by atoms with E-state index in [-0.39, 0.29) is 17.3 Å². The highest BCUT2D eigenvalue weighted by atomic mass is 32.2. The Labute approximate surface area is 147 Å². The van der Waals surface area contributed by atoms with Gasteiger partial charge in [0.1, 0.15) is 10.6 Å². The molecule has 0 aliphatic rings. The topological polar surface area (TPSA) is 81.7 Å². The number of esters is 1. The second kappa shape index (κ2) is 7.57. The normalized spacial score (nSPS) is 11.0. The van der Waals surface area contributed by atoms with Crippen LogP contribution in [0, 0.1) is 13.8 Å². The number of hydrogen-bond acceptors (Lipinski definition) is 5. The van der Waals surface area contributed by atoms with Gasteiger partial charge in [0, 0.05) is 5.69 Å². The number of ether oxygens (including phenoxy) is 2. The zero-order valence-corrected chi connectivity index (χ0v) is 15.4. The molecule has 0 aliphatic carbocycles. The number of nitrogens with one attached hydrogen (secondary N) is 1. The quantitative estimate of drug-likeness (QED) is 0.797. The summed E-state index contributed by atoms with van der Waals surface area (Å²) < 4.78 is 38.0. The van der Waals surface area contributed by atoms with Crippen molar-refractivity contribution in [3.63, 3.8) is 0 Å². The molecular weight excluding hydrogens is 342 g/mol. The van der Waals surface area contributed by atoms with Crippen LogP contribution in [-0.4, -0.2) is 28.1 Å². The molecule has 7 heteroatoms. The van der Waals surface area contributed by atoms with Crippen LogP contribution in [0.3, 0.4) is 0 Å². The largest absolute Gasteiger partial charge is 0.495 e. The van der Waals surface area contributed by atoms with Crippen LogP contribution in [0.4, 0.5) is 5.69 Å². The molecule has 2 rings (SSSR count). The maximum Gasteiger partial charge on any atom is 0.338 e. The summed E-state index contributed by atoms with van der Waals surface area (Å²) in [5.74, 6) is -0.175. The Bertz CT molecular complexity index is 873. The molecule has 2 aromatic carbocycles. The molecule has 25 heavy (non-hydrogen) atoms. The Morgan fingerprint density at radius 2 is 1.68 bits per heavy atom. The van der Waals surface area contributed by atoms with Crippen molar-refractivity contribution in [3.05, 3.63) is 53.1 Å². The van der Waals surface area contributed by atoms with Gasteiger partial charge in [0.2, 0.25) is 0 Å². The third-order valence-corrected chi connectivity index (χ3v) is 5.12. The molecule has 0 amide bonds. The van der Waals surface area contributed by atoms with E-state index in [0.29, 0.717) is 11.3 Å². The van der Waals surface area contributed by atoms with E-state index in [0.717, 1.165) is 11.1 Å². The molecule has 0 bridgehead atoms. The minimum atomic E-state index is -3.83. The van der Waals surface area contributed by atoms with Gasteiger partial charge >= 0.3 is 5.97 Å². The molecule has 0 spiro atoms. The second-order valence-electron chi connectivity index (χ2n) is 5.49. The molecule has 0 atom stereocenters. The Balaban J connectivity index is 2.30. The Kier molecular flexibility index (Phi) is 5.69. The number of rotatable bonds is 6. The molecular formula is C18H21NO5S. The maximum atomic E-state index is 12.7. The lowest BCUT2D eigenvalue weighted by Crippen LogP contribution is -2.15. The van der Waals surface area contributed by atoms with Gasteiger partial charge in [-0.05, 0) is 68.3 Å². The lowest BCUT2D eigenvalue weighted by Gasteiger charge is -2.14. The highest BCUT2D eigenvalue weighted by Gasteiger charge is 2.21. The summed E-state index contributed by atoms with van der Waals surface area (Å²) in [6.45, 7) is 5.72. The van der Waals surface area contributed by atoms with Crippen molar-refractivity contribution in [2.24, 2.45) is 0 Å². The fourth-order valence-corrected chi connectivity index (χ4v) is 3.53. The lowest BCUT2D eigenvalue weighted by molar-refractivity contribution is 0.0526. The van der Waals surface area contributed by atoms with Gasteiger partial charge in [0.25, 0.3) is 10.0 Å². The van der Waals surface area contributed by atoms with Crippen LogP contribution in [0.2, 0.25) is 0 Å². The van der Waals surface area contributed by atoms with Gasteiger partial charge in [0.15, 0.2) is 0 Å².